The van der Waals surface area contributed by atoms with Gasteiger partial charge in [-0.2, -0.15) is 5.10 Å². The zero-order chi connectivity index (χ0) is 21.9. The first-order valence-electron chi connectivity index (χ1n) is 9.52. The maximum Gasteiger partial charge on any atom is 0.211 e. The molecule has 3 heterocycles. The highest BCUT2D eigenvalue weighted by atomic mass is 35.5. The standard InChI is InChI=1S/C20H15Cl2N9S/c21-16-2-1-3-17(22)15(16)11-30-9-8-18(27-30)24-20-26-25-19(32-20)10-13-4-6-14(7-5-13)31-12-23-28-29-31/h1-9,12H,10-11H2,(H,24,26,27). The van der Waals surface area contributed by atoms with Gasteiger partial charge < -0.3 is 5.32 Å². The normalized spacial score (nSPS) is 11.1. The van der Waals surface area contributed by atoms with Gasteiger partial charge in [-0.3, -0.25) is 4.68 Å². The average molecular weight is 484 g/mol. The van der Waals surface area contributed by atoms with Crippen molar-refractivity contribution in [3.8, 4) is 5.69 Å². The highest BCUT2D eigenvalue weighted by molar-refractivity contribution is 7.15. The fourth-order valence-corrected chi connectivity index (χ4v) is 4.37. The monoisotopic (exact) mass is 483 g/mol. The second kappa shape index (κ2) is 9.03. The molecule has 1 N–H and O–H groups in total. The summed E-state index contributed by atoms with van der Waals surface area (Å²) in [5.41, 5.74) is 2.84. The third kappa shape index (κ3) is 4.62. The van der Waals surface area contributed by atoms with E-state index >= 15 is 0 Å². The van der Waals surface area contributed by atoms with Crippen molar-refractivity contribution < 1.29 is 0 Å². The predicted molar refractivity (Wildman–Crippen MR) is 123 cm³/mol. The van der Waals surface area contributed by atoms with Gasteiger partial charge in [0.05, 0.1) is 12.2 Å². The predicted octanol–water partition coefficient (Wildman–Crippen LogP) is 4.40. The maximum atomic E-state index is 6.25. The number of nitrogens with zero attached hydrogens (tertiary/aromatic N) is 8. The van der Waals surface area contributed by atoms with Crippen LogP contribution >= 0.6 is 34.5 Å². The van der Waals surface area contributed by atoms with Crippen molar-refractivity contribution in [2.45, 2.75) is 13.0 Å². The van der Waals surface area contributed by atoms with Crippen LogP contribution in [0.15, 0.2) is 61.1 Å². The first-order valence-corrected chi connectivity index (χ1v) is 11.1. The minimum Gasteiger partial charge on any atom is -0.313 e. The second-order valence-electron chi connectivity index (χ2n) is 6.82. The van der Waals surface area contributed by atoms with Crippen molar-refractivity contribution in [2.75, 3.05) is 5.32 Å². The molecule has 5 rings (SSSR count). The van der Waals surface area contributed by atoms with E-state index in [-0.39, 0.29) is 0 Å². The fourth-order valence-electron chi connectivity index (χ4n) is 3.07. The number of hydrogen-bond acceptors (Lipinski definition) is 8. The van der Waals surface area contributed by atoms with Crippen molar-refractivity contribution in [3.05, 3.63) is 87.2 Å². The number of halogens is 2. The molecule has 0 aliphatic carbocycles. The van der Waals surface area contributed by atoms with E-state index in [1.54, 1.807) is 15.7 Å². The molecule has 0 bridgehead atoms. The molecule has 160 valence electrons. The Morgan fingerprint density at radius 2 is 1.78 bits per heavy atom. The molecule has 3 aromatic heterocycles. The van der Waals surface area contributed by atoms with E-state index in [1.165, 1.54) is 11.3 Å². The van der Waals surface area contributed by atoms with Crippen LogP contribution in [0.3, 0.4) is 0 Å². The van der Waals surface area contributed by atoms with Crippen LogP contribution in [-0.4, -0.2) is 40.2 Å². The van der Waals surface area contributed by atoms with Crippen LogP contribution in [-0.2, 0) is 13.0 Å². The van der Waals surface area contributed by atoms with E-state index in [4.69, 9.17) is 23.2 Å². The average Bonchev–Trinajstić information content (AvgIpc) is 3.55. The summed E-state index contributed by atoms with van der Waals surface area (Å²) in [4.78, 5) is 0. The summed E-state index contributed by atoms with van der Waals surface area (Å²) in [6.45, 7) is 0.474. The van der Waals surface area contributed by atoms with Crippen molar-refractivity contribution in [1.82, 2.24) is 40.2 Å². The maximum absolute atomic E-state index is 6.25. The molecular weight excluding hydrogens is 469 g/mol. The van der Waals surface area contributed by atoms with Gasteiger partial charge in [0.2, 0.25) is 5.13 Å². The van der Waals surface area contributed by atoms with E-state index in [0.717, 1.165) is 21.8 Å². The number of benzene rings is 2. The van der Waals surface area contributed by atoms with Crippen LogP contribution in [0.1, 0.15) is 16.1 Å². The molecule has 0 aliphatic rings. The molecule has 0 saturated carbocycles. The Labute approximate surface area is 196 Å². The zero-order valence-corrected chi connectivity index (χ0v) is 18.8. The molecule has 5 aromatic rings. The molecule has 0 radical (unpaired) electrons. The summed E-state index contributed by atoms with van der Waals surface area (Å²) in [6.07, 6.45) is 4.09. The molecule has 0 aliphatic heterocycles. The minimum absolute atomic E-state index is 0.474. The van der Waals surface area contributed by atoms with E-state index in [2.05, 4.69) is 36.1 Å². The molecule has 0 saturated heterocycles. The Kier molecular flexibility index (Phi) is 5.80. The van der Waals surface area contributed by atoms with Gasteiger partial charge in [0.15, 0.2) is 5.82 Å². The molecule has 9 nitrogen and oxygen atoms in total. The summed E-state index contributed by atoms with van der Waals surface area (Å²) in [7, 11) is 0. The second-order valence-corrected chi connectivity index (χ2v) is 8.70. The topological polar surface area (TPSA) is 99.2 Å². The lowest BCUT2D eigenvalue weighted by Crippen LogP contribution is -2.02. The summed E-state index contributed by atoms with van der Waals surface area (Å²) >= 11 is 14.0. The van der Waals surface area contributed by atoms with Crippen LogP contribution in [0, 0.1) is 0 Å². The summed E-state index contributed by atoms with van der Waals surface area (Å²) in [5, 5.41) is 30.2. The number of anilines is 2. The summed E-state index contributed by atoms with van der Waals surface area (Å²) in [6, 6.07) is 15.3. The summed E-state index contributed by atoms with van der Waals surface area (Å²) in [5.74, 6) is 0.668. The van der Waals surface area contributed by atoms with Crippen molar-refractivity contribution in [3.63, 3.8) is 0 Å². The largest absolute Gasteiger partial charge is 0.313 e. The van der Waals surface area contributed by atoms with Gasteiger partial charge in [0, 0.05) is 34.3 Å². The van der Waals surface area contributed by atoms with E-state index in [0.29, 0.717) is 34.0 Å². The zero-order valence-electron chi connectivity index (χ0n) is 16.4. The Hall–Kier alpha value is -3.34. The van der Waals surface area contributed by atoms with Gasteiger partial charge >= 0.3 is 0 Å². The lowest BCUT2D eigenvalue weighted by Gasteiger charge is -2.06. The Morgan fingerprint density at radius 1 is 0.969 bits per heavy atom. The quantitative estimate of drug-likeness (QED) is 0.366. The van der Waals surface area contributed by atoms with Crippen LogP contribution in [0.5, 0.6) is 0 Å². The molecule has 32 heavy (non-hydrogen) atoms. The number of hydrogen-bond donors (Lipinski definition) is 1. The molecular formula is C20H15Cl2N9S. The smallest absolute Gasteiger partial charge is 0.211 e. The van der Waals surface area contributed by atoms with Crippen molar-refractivity contribution >= 4 is 45.5 Å². The number of aromatic nitrogens is 8. The SMILES string of the molecule is Clc1cccc(Cl)c1Cn1ccc(Nc2nnc(Cc3ccc(-n4cnnn4)cc3)s2)n1. The Bertz CT molecular complexity index is 1310. The van der Waals surface area contributed by atoms with Gasteiger partial charge in [-0.05, 0) is 40.3 Å². The molecule has 2 aromatic carbocycles. The Morgan fingerprint density at radius 3 is 2.53 bits per heavy atom. The number of nitrogens with one attached hydrogen (secondary N) is 1. The third-order valence-electron chi connectivity index (χ3n) is 4.63. The van der Waals surface area contributed by atoms with Gasteiger partial charge in [-0.15, -0.1) is 15.3 Å². The van der Waals surface area contributed by atoms with Gasteiger partial charge in [-0.25, -0.2) is 4.68 Å². The molecule has 12 heteroatoms. The van der Waals surface area contributed by atoms with Gasteiger partial charge in [0.25, 0.3) is 0 Å². The molecule has 0 fully saturated rings. The highest BCUT2D eigenvalue weighted by Crippen LogP contribution is 2.26. The molecule has 0 amide bonds. The highest BCUT2D eigenvalue weighted by Gasteiger charge is 2.10. The lowest BCUT2D eigenvalue weighted by atomic mass is 10.1. The number of rotatable bonds is 7. The van der Waals surface area contributed by atoms with Crippen LogP contribution < -0.4 is 5.32 Å². The van der Waals surface area contributed by atoms with Crippen molar-refractivity contribution in [2.24, 2.45) is 0 Å². The van der Waals surface area contributed by atoms with Crippen LogP contribution in [0.25, 0.3) is 5.69 Å². The first-order chi connectivity index (χ1) is 15.6. The summed E-state index contributed by atoms with van der Waals surface area (Å²) < 4.78 is 3.37. The third-order valence-corrected chi connectivity index (χ3v) is 6.18. The lowest BCUT2D eigenvalue weighted by molar-refractivity contribution is 0.690. The molecule has 0 atom stereocenters. The van der Waals surface area contributed by atoms with Crippen molar-refractivity contribution in [1.29, 1.82) is 0 Å². The van der Waals surface area contributed by atoms with Gasteiger partial charge in [-0.1, -0.05) is 52.7 Å². The minimum atomic E-state index is 0.474. The molecule has 0 spiro atoms. The fraction of sp³-hybridized carbons (Fsp3) is 0.100. The number of tetrazole rings is 1. The van der Waals surface area contributed by atoms with E-state index in [1.807, 2.05) is 54.7 Å². The van der Waals surface area contributed by atoms with Crippen LogP contribution in [0.4, 0.5) is 10.9 Å². The first kappa shape index (κ1) is 20.6. The van der Waals surface area contributed by atoms with E-state index in [9.17, 15) is 0 Å². The van der Waals surface area contributed by atoms with Crippen LogP contribution in [0.2, 0.25) is 10.0 Å². The van der Waals surface area contributed by atoms with Gasteiger partial charge in [0.1, 0.15) is 11.3 Å². The van der Waals surface area contributed by atoms with E-state index < -0.39 is 0 Å². The Balaban J connectivity index is 1.22. The molecule has 0 unspecified atom stereocenters.